The minimum absolute atomic E-state index is 0.339. The zero-order valence-corrected chi connectivity index (χ0v) is 11.2. The van der Waals surface area contributed by atoms with E-state index in [2.05, 4.69) is 4.98 Å². The Morgan fingerprint density at radius 1 is 1.39 bits per heavy atom. The molecule has 0 aliphatic heterocycles. The number of hydrogen-bond donors (Lipinski definition) is 1. The molecule has 0 radical (unpaired) electrons. The second-order valence-corrected chi connectivity index (χ2v) is 5.91. The molecule has 18 heavy (non-hydrogen) atoms. The Bertz CT molecular complexity index is 555. The van der Waals surface area contributed by atoms with Crippen LogP contribution in [0.5, 0.6) is 0 Å². The molecular weight excluding hydrogens is 271 g/mol. The smallest absolute Gasteiger partial charge is 0.129 e. The molecule has 1 aliphatic carbocycles. The van der Waals surface area contributed by atoms with E-state index < -0.39 is 6.04 Å². The van der Waals surface area contributed by atoms with Crippen LogP contribution in [0.2, 0.25) is 5.02 Å². The Balaban J connectivity index is 2.01. The molecule has 0 saturated carbocycles. The maximum atomic E-state index is 13.8. The van der Waals surface area contributed by atoms with E-state index in [1.54, 1.807) is 23.5 Å². The summed E-state index contributed by atoms with van der Waals surface area (Å²) in [4.78, 5) is 5.80. The third kappa shape index (κ3) is 1.94. The fourth-order valence-electron chi connectivity index (χ4n) is 2.27. The maximum Gasteiger partial charge on any atom is 0.129 e. The van der Waals surface area contributed by atoms with Crippen molar-refractivity contribution in [1.82, 2.24) is 4.98 Å². The molecule has 2 N–H and O–H groups in total. The predicted octanol–water partition coefficient (Wildman–Crippen LogP) is 3.47. The summed E-state index contributed by atoms with van der Waals surface area (Å²) in [6, 6.07) is 4.04. The largest absolute Gasteiger partial charge is 0.318 e. The SMILES string of the molecule is NC(c1nc2c(s1)CCC2)c1c(F)cccc1Cl. The zero-order valence-electron chi connectivity index (χ0n) is 9.62. The molecule has 2 aromatic rings. The Morgan fingerprint density at radius 3 is 2.94 bits per heavy atom. The van der Waals surface area contributed by atoms with Gasteiger partial charge in [0.15, 0.2) is 0 Å². The van der Waals surface area contributed by atoms with Crippen molar-refractivity contribution < 1.29 is 4.39 Å². The predicted molar refractivity (Wildman–Crippen MR) is 71.6 cm³/mol. The highest BCUT2D eigenvalue weighted by atomic mass is 35.5. The standard InChI is InChI=1S/C13H12ClFN2S/c14-7-3-1-4-8(15)11(7)12(16)13-17-9-5-2-6-10(9)18-13/h1,3-4,12H,2,5-6,16H2. The fraction of sp³-hybridized carbons (Fsp3) is 0.308. The molecule has 1 aliphatic rings. The minimum atomic E-state index is -0.575. The maximum absolute atomic E-state index is 13.8. The average Bonchev–Trinajstić information content (AvgIpc) is 2.88. The topological polar surface area (TPSA) is 38.9 Å². The van der Waals surface area contributed by atoms with Crippen molar-refractivity contribution in [3.8, 4) is 0 Å². The highest BCUT2D eigenvalue weighted by molar-refractivity contribution is 7.11. The van der Waals surface area contributed by atoms with Gasteiger partial charge in [-0.3, -0.25) is 0 Å². The van der Waals surface area contributed by atoms with E-state index in [0.29, 0.717) is 10.6 Å². The Kier molecular flexibility index (Phi) is 3.09. The third-order valence-corrected chi connectivity index (χ3v) is 4.76. The van der Waals surface area contributed by atoms with E-state index in [1.165, 1.54) is 10.9 Å². The first-order valence-corrected chi connectivity index (χ1v) is 7.04. The summed E-state index contributed by atoms with van der Waals surface area (Å²) in [5.74, 6) is -0.370. The van der Waals surface area contributed by atoms with Crippen LogP contribution in [-0.2, 0) is 12.8 Å². The summed E-state index contributed by atoms with van der Waals surface area (Å²) in [5.41, 5.74) is 7.56. The normalized spacial score (nSPS) is 15.7. The summed E-state index contributed by atoms with van der Waals surface area (Å²) in [6.07, 6.45) is 3.22. The van der Waals surface area contributed by atoms with Crippen molar-refractivity contribution >= 4 is 22.9 Å². The molecule has 1 atom stereocenters. The molecule has 1 heterocycles. The first kappa shape index (κ1) is 12.1. The molecule has 2 nitrogen and oxygen atoms in total. The number of hydrogen-bond acceptors (Lipinski definition) is 3. The number of fused-ring (bicyclic) bond motifs is 1. The van der Waals surface area contributed by atoms with Crippen LogP contribution in [0.15, 0.2) is 18.2 Å². The minimum Gasteiger partial charge on any atom is -0.318 e. The third-order valence-electron chi connectivity index (χ3n) is 3.19. The van der Waals surface area contributed by atoms with Crippen molar-refractivity contribution in [2.75, 3.05) is 0 Å². The number of benzene rings is 1. The van der Waals surface area contributed by atoms with E-state index in [4.69, 9.17) is 17.3 Å². The van der Waals surface area contributed by atoms with Gasteiger partial charge in [-0.2, -0.15) is 0 Å². The van der Waals surface area contributed by atoms with Crippen molar-refractivity contribution in [3.05, 3.63) is 50.2 Å². The second kappa shape index (κ2) is 4.61. The van der Waals surface area contributed by atoms with Gasteiger partial charge in [-0.05, 0) is 31.4 Å². The molecule has 3 rings (SSSR count). The van der Waals surface area contributed by atoms with Crippen LogP contribution in [0.25, 0.3) is 0 Å². The monoisotopic (exact) mass is 282 g/mol. The van der Waals surface area contributed by atoms with E-state index in [1.807, 2.05) is 0 Å². The number of halogens is 2. The average molecular weight is 283 g/mol. The van der Waals surface area contributed by atoms with E-state index in [-0.39, 0.29) is 5.82 Å². The number of nitrogens with zero attached hydrogens (tertiary/aromatic N) is 1. The van der Waals surface area contributed by atoms with Gasteiger partial charge in [0.05, 0.1) is 11.7 Å². The molecule has 0 amide bonds. The molecule has 94 valence electrons. The summed E-state index contributed by atoms with van der Waals surface area (Å²) in [7, 11) is 0. The summed E-state index contributed by atoms with van der Waals surface area (Å²) in [5, 5.41) is 1.12. The Hall–Kier alpha value is -0.970. The van der Waals surface area contributed by atoms with E-state index >= 15 is 0 Å². The lowest BCUT2D eigenvalue weighted by atomic mass is 10.1. The fourth-order valence-corrected chi connectivity index (χ4v) is 3.72. The summed E-state index contributed by atoms with van der Waals surface area (Å²) < 4.78 is 13.8. The number of nitrogens with two attached hydrogens (primary N) is 1. The highest BCUT2D eigenvalue weighted by Crippen LogP contribution is 2.35. The van der Waals surface area contributed by atoms with Gasteiger partial charge in [-0.1, -0.05) is 17.7 Å². The second-order valence-electron chi connectivity index (χ2n) is 4.39. The molecule has 0 saturated heterocycles. The van der Waals surface area contributed by atoms with Crippen LogP contribution in [0.1, 0.15) is 33.6 Å². The van der Waals surface area contributed by atoms with Gasteiger partial charge in [-0.25, -0.2) is 9.37 Å². The zero-order chi connectivity index (χ0) is 12.7. The first-order chi connectivity index (χ1) is 8.66. The van der Waals surface area contributed by atoms with Gasteiger partial charge in [0.2, 0.25) is 0 Å². The summed E-state index contributed by atoms with van der Waals surface area (Å²) in [6.45, 7) is 0. The van der Waals surface area contributed by atoms with Gasteiger partial charge in [-0.15, -0.1) is 11.3 Å². The quantitative estimate of drug-likeness (QED) is 0.916. The Labute approximate surface area is 114 Å². The molecule has 0 spiro atoms. The van der Waals surface area contributed by atoms with Crippen LogP contribution in [0, 0.1) is 5.82 Å². The van der Waals surface area contributed by atoms with E-state index in [0.717, 1.165) is 30.0 Å². The van der Waals surface area contributed by atoms with Crippen molar-refractivity contribution in [3.63, 3.8) is 0 Å². The van der Waals surface area contributed by atoms with Crippen LogP contribution >= 0.6 is 22.9 Å². The molecule has 5 heteroatoms. The lowest BCUT2D eigenvalue weighted by Crippen LogP contribution is -2.14. The van der Waals surface area contributed by atoms with Crippen LogP contribution in [0.4, 0.5) is 4.39 Å². The van der Waals surface area contributed by atoms with Crippen molar-refractivity contribution in [2.45, 2.75) is 25.3 Å². The number of aromatic nitrogens is 1. The molecule has 0 bridgehead atoms. The van der Waals surface area contributed by atoms with Crippen molar-refractivity contribution in [1.29, 1.82) is 0 Å². The summed E-state index contributed by atoms with van der Waals surface area (Å²) >= 11 is 7.61. The van der Waals surface area contributed by atoms with Gasteiger partial charge in [0.25, 0.3) is 0 Å². The highest BCUT2D eigenvalue weighted by Gasteiger charge is 2.24. The van der Waals surface area contributed by atoms with Gasteiger partial charge < -0.3 is 5.73 Å². The lowest BCUT2D eigenvalue weighted by Gasteiger charge is -2.12. The van der Waals surface area contributed by atoms with Crippen LogP contribution < -0.4 is 5.73 Å². The number of aryl methyl sites for hydroxylation is 2. The molecule has 1 aromatic heterocycles. The number of thiazole rings is 1. The molecule has 1 unspecified atom stereocenters. The van der Waals surface area contributed by atoms with Crippen LogP contribution in [-0.4, -0.2) is 4.98 Å². The first-order valence-electron chi connectivity index (χ1n) is 5.85. The Morgan fingerprint density at radius 2 is 2.22 bits per heavy atom. The molecule has 0 fully saturated rings. The van der Waals surface area contributed by atoms with Crippen molar-refractivity contribution in [2.24, 2.45) is 5.73 Å². The van der Waals surface area contributed by atoms with Crippen LogP contribution in [0.3, 0.4) is 0 Å². The molecular formula is C13H12ClFN2S. The van der Waals surface area contributed by atoms with E-state index in [9.17, 15) is 4.39 Å². The van der Waals surface area contributed by atoms with Gasteiger partial charge >= 0.3 is 0 Å². The number of rotatable bonds is 2. The molecule has 1 aromatic carbocycles. The van der Waals surface area contributed by atoms with Gasteiger partial charge in [0, 0.05) is 15.5 Å². The van der Waals surface area contributed by atoms with Gasteiger partial charge in [0.1, 0.15) is 10.8 Å². The lowest BCUT2D eigenvalue weighted by molar-refractivity contribution is 0.599.